The highest BCUT2D eigenvalue weighted by Gasteiger charge is 2.34. The highest BCUT2D eigenvalue weighted by atomic mass is 32.1. The maximum atomic E-state index is 12.8. The predicted molar refractivity (Wildman–Crippen MR) is 86.6 cm³/mol. The minimum absolute atomic E-state index is 0.0130. The Morgan fingerprint density at radius 1 is 1.43 bits per heavy atom. The molecule has 2 aromatic heterocycles. The lowest BCUT2D eigenvalue weighted by molar-refractivity contribution is 0.0315. The summed E-state index contributed by atoms with van der Waals surface area (Å²) in [6.07, 6.45) is 3.47. The first kappa shape index (κ1) is 14.3. The zero-order valence-electron chi connectivity index (χ0n) is 12.6. The molecule has 0 saturated carbocycles. The molecule has 3 rings (SSSR count). The third-order valence-corrected chi connectivity index (χ3v) is 5.47. The van der Waals surface area contributed by atoms with Crippen molar-refractivity contribution < 1.29 is 4.79 Å². The summed E-state index contributed by atoms with van der Waals surface area (Å²) in [7, 11) is 2.10. The lowest BCUT2D eigenvalue weighted by Gasteiger charge is -2.45. The van der Waals surface area contributed by atoms with Crippen LogP contribution in [0.5, 0.6) is 0 Å². The lowest BCUT2D eigenvalue weighted by atomic mass is 9.99. The summed E-state index contributed by atoms with van der Waals surface area (Å²) in [6, 6.07) is 1.87. The number of carbonyl (C=O) groups excluding carboxylic acids is 1. The summed E-state index contributed by atoms with van der Waals surface area (Å²) in [5.74, 6) is 0.0369. The monoisotopic (exact) mass is 304 g/mol. The molecule has 0 unspecified atom stereocenters. The van der Waals surface area contributed by atoms with Crippen molar-refractivity contribution in [1.82, 2.24) is 14.8 Å². The van der Waals surface area contributed by atoms with Crippen LogP contribution >= 0.6 is 11.3 Å². The smallest absolute Gasteiger partial charge is 0.266 e. The van der Waals surface area contributed by atoms with E-state index in [2.05, 4.69) is 30.8 Å². The number of carbonyl (C=O) groups is 1. The Hall–Kier alpha value is -1.66. The van der Waals surface area contributed by atoms with Gasteiger partial charge >= 0.3 is 0 Å². The van der Waals surface area contributed by atoms with Crippen LogP contribution in [0, 0.1) is 0 Å². The zero-order valence-corrected chi connectivity index (χ0v) is 13.4. The molecule has 0 aromatic carbocycles. The van der Waals surface area contributed by atoms with Gasteiger partial charge in [-0.15, -0.1) is 11.3 Å². The first-order valence-electron chi connectivity index (χ1n) is 7.02. The fraction of sp³-hybridized carbons (Fsp3) is 0.467. The molecule has 0 spiro atoms. The highest BCUT2D eigenvalue weighted by molar-refractivity contribution is 7.21. The second-order valence-electron chi connectivity index (χ2n) is 6.18. The van der Waals surface area contributed by atoms with Crippen molar-refractivity contribution in [2.45, 2.75) is 19.4 Å². The topological polar surface area (TPSA) is 62.5 Å². The molecule has 0 bridgehead atoms. The third kappa shape index (κ3) is 2.38. The van der Waals surface area contributed by atoms with Crippen LogP contribution in [0.4, 0.5) is 5.69 Å². The number of anilines is 1. The molecule has 1 saturated heterocycles. The van der Waals surface area contributed by atoms with Gasteiger partial charge in [-0.3, -0.25) is 14.7 Å². The predicted octanol–water partition coefficient (Wildman–Crippen LogP) is 2.04. The number of likely N-dealkylation sites (N-methyl/N-ethyl adjacent to an activating group) is 1. The fourth-order valence-electron chi connectivity index (χ4n) is 2.69. The molecule has 1 fully saturated rings. The van der Waals surface area contributed by atoms with E-state index in [4.69, 9.17) is 5.73 Å². The summed E-state index contributed by atoms with van der Waals surface area (Å²) in [5.41, 5.74) is 6.74. The minimum atomic E-state index is -0.0130. The van der Waals surface area contributed by atoms with Gasteiger partial charge in [0.2, 0.25) is 0 Å². The molecule has 0 aliphatic carbocycles. The normalized spacial score (nSPS) is 19.1. The number of aromatic nitrogens is 1. The number of fused-ring (bicyclic) bond motifs is 1. The Morgan fingerprint density at radius 3 is 2.86 bits per heavy atom. The highest BCUT2D eigenvalue weighted by Crippen LogP contribution is 2.34. The number of nitrogens with zero attached hydrogens (tertiary/aromatic N) is 3. The maximum absolute atomic E-state index is 12.8. The second kappa shape index (κ2) is 4.96. The van der Waals surface area contributed by atoms with Gasteiger partial charge in [-0.1, -0.05) is 0 Å². The molecule has 21 heavy (non-hydrogen) atoms. The quantitative estimate of drug-likeness (QED) is 0.876. The lowest BCUT2D eigenvalue weighted by Crippen LogP contribution is -2.58. The summed E-state index contributed by atoms with van der Waals surface area (Å²) >= 11 is 1.43. The molecule has 1 aliphatic rings. The number of nitrogens with two attached hydrogens (primary N) is 1. The van der Waals surface area contributed by atoms with Crippen molar-refractivity contribution in [3.63, 3.8) is 0 Å². The first-order valence-corrected chi connectivity index (χ1v) is 7.84. The molecule has 112 valence electrons. The fourth-order valence-corrected chi connectivity index (χ4v) is 3.74. The first-order chi connectivity index (χ1) is 9.90. The van der Waals surface area contributed by atoms with Gasteiger partial charge in [0, 0.05) is 43.0 Å². The number of hydrogen-bond donors (Lipinski definition) is 1. The molecule has 3 heterocycles. The Balaban J connectivity index is 1.92. The van der Waals surface area contributed by atoms with E-state index in [0.717, 1.165) is 23.2 Å². The van der Waals surface area contributed by atoms with Gasteiger partial charge < -0.3 is 10.6 Å². The number of piperazine rings is 1. The van der Waals surface area contributed by atoms with E-state index in [1.807, 2.05) is 11.0 Å². The van der Waals surface area contributed by atoms with Gasteiger partial charge in [0.15, 0.2) is 0 Å². The molecule has 6 heteroatoms. The van der Waals surface area contributed by atoms with Crippen LogP contribution in [0.3, 0.4) is 0 Å². The summed E-state index contributed by atoms with van der Waals surface area (Å²) in [6.45, 7) is 6.65. The molecule has 2 aromatic rings. The van der Waals surface area contributed by atoms with Gasteiger partial charge in [-0.25, -0.2) is 0 Å². The van der Waals surface area contributed by atoms with Crippen molar-refractivity contribution >= 4 is 33.0 Å². The van der Waals surface area contributed by atoms with Crippen LogP contribution < -0.4 is 5.73 Å². The summed E-state index contributed by atoms with van der Waals surface area (Å²) in [4.78, 5) is 21.7. The van der Waals surface area contributed by atoms with Crippen molar-refractivity contribution in [2.24, 2.45) is 0 Å². The number of amides is 1. The van der Waals surface area contributed by atoms with Crippen LogP contribution in [0.25, 0.3) is 10.1 Å². The van der Waals surface area contributed by atoms with Crippen molar-refractivity contribution in [3.05, 3.63) is 23.3 Å². The zero-order chi connectivity index (χ0) is 15.2. The molecule has 5 nitrogen and oxygen atoms in total. The number of pyridine rings is 1. The summed E-state index contributed by atoms with van der Waals surface area (Å²) < 4.78 is 0.965. The third-order valence-electron chi connectivity index (χ3n) is 4.33. The molecular weight excluding hydrogens is 284 g/mol. The molecule has 1 aliphatic heterocycles. The average molecular weight is 304 g/mol. The van der Waals surface area contributed by atoms with E-state index in [1.165, 1.54) is 11.3 Å². The van der Waals surface area contributed by atoms with E-state index in [9.17, 15) is 4.79 Å². The van der Waals surface area contributed by atoms with Crippen molar-refractivity contribution in [2.75, 3.05) is 32.4 Å². The van der Waals surface area contributed by atoms with Crippen molar-refractivity contribution in [1.29, 1.82) is 0 Å². The Morgan fingerprint density at radius 2 is 2.19 bits per heavy atom. The van der Waals surface area contributed by atoms with E-state index >= 15 is 0 Å². The molecule has 0 radical (unpaired) electrons. The number of nitrogen functional groups attached to an aromatic ring is 1. The summed E-state index contributed by atoms with van der Waals surface area (Å²) in [5, 5.41) is 0.923. The van der Waals surface area contributed by atoms with Gasteiger partial charge in [-0.2, -0.15) is 0 Å². The van der Waals surface area contributed by atoms with E-state index in [1.54, 1.807) is 12.4 Å². The Bertz CT molecular complexity index is 694. The maximum Gasteiger partial charge on any atom is 0.266 e. The van der Waals surface area contributed by atoms with Crippen LogP contribution in [0.2, 0.25) is 0 Å². The van der Waals surface area contributed by atoms with Gasteiger partial charge in [0.1, 0.15) is 4.88 Å². The van der Waals surface area contributed by atoms with Crippen LogP contribution in [0.1, 0.15) is 23.5 Å². The number of rotatable bonds is 1. The van der Waals surface area contributed by atoms with Crippen LogP contribution in [-0.2, 0) is 0 Å². The largest absolute Gasteiger partial charge is 0.397 e. The molecule has 0 atom stereocenters. The van der Waals surface area contributed by atoms with Gasteiger partial charge in [-0.05, 0) is 27.0 Å². The molecular formula is C15H20N4OS. The number of hydrogen-bond acceptors (Lipinski definition) is 5. The van der Waals surface area contributed by atoms with E-state index in [-0.39, 0.29) is 11.4 Å². The minimum Gasteiger partial charge on any atom is -0.397 e. The van der Waals surface area contributed by atoms with Crippen LogP contribution in [0.15, 0.2) is 18.5 Å². The Kier molecular flexibility index (Phi) is 3.37. The SMILES string of the molecule is CN1CCN(C(=O)c2sc3cnccc3c2N)CC1(C)C. The molecule has 2 N–H and O–H groups in total. The van der Waals surface area contributed by atoms with Gasteiger partial charge in [0.05, 0.1) is 10.4 Å². The Labute approximate surface area is 128 Å². The van der Waals surface area contributed by atoms with Gasteiger partial charge in [0.25, 0.3) is 5.91 Å². The standard InChI is InChI=1S/C15H20N4OS/c1-15(2)9-19(7-6-18(15)3)14(20)13-12(16)10-4-5-17-8-11(10)21-13/h4-5,8H,6-7,9,16H2,1-3H3. The average Bonchev–Trinajstić information content (AvgIpc) is 2.79. The number of thiophene rings is 1. The van der Waals surface area contributed by atoms with E-state index < -0.39 is 0 Å². The van der Waals surface area contributed by atoms with E-state index in [0.29, 0.717) is 17.1 Å². The second-order valence-corrected chi connectivity index (χ2v) is 7.23. The van der Waals surface area contributed by atoms with Crippen LogP contribution in [-0.4, -0.2) is 52.9 Å². The van der Waals surface area contributed by atoms with Crippen molar-refractivity contribution in [3.8, 4) is 0 Å². The molecule has 1 amide bonds.